The molecule has 1 rings (SSSR count). The van der Waals surface area contributed by atoms with E-state index in [1.807, 2.05) is 26.0 Å². The molecule has 0 atom stereocenters. The zero-order chi connectivity index (χ0) is 9.40. The zero-order valence-corrected chi connectivity index (χ0v) is 7.87. The molecule has 1 aromatic rings. The van der Waals surface area contributed by atoms with Crippen LogP contribution >= 0.6 is 0 Å². The van der Waals surface area contributed by atoms with Crippen molar-refractivity contribution in [2.45, 2.75) is 20.4 Å². The first-order chi connectivity index (χ1) is 5.86. The number of rotatable bonds is 2. The summed E-state index contributed by atoms with van der Waals surface area (Å²) in [6.07, 6.45) is 1.68. The number of ether oxygens (including phenoxy) is 1. The first-order valence-corrected chi connectivity index (χ1v) is 4.06. The molecule has 0 saturated heterocycles. The molecule has 0 spiro atoms. The van der Waals surface area contributed by atoms with Crippen LogP contribution in [0.5, 0.6) is 5.88 Å². The first-order valence-electron chi connectivity index (χ1n) is 4.06. The average molecular weight is 168 g/mol. The number of hydrogen-bond acceptors (Lipinski definition) is 3. The standard InChI is InChI=1S/C7H10N2O.C2H6/c1-10-7-4-6(5-8)2-3-9-7;1-2/h2-4H,5,8H2,1H3;1-2H3. The second kappa shape index (κ2) is 6.61. The Morgan fingerprint density at radius 1 is 1.50 bits per heavy atom. The van der Waals surface area contributed by atoms with Gasteiger partial charge in [0.1, 0.15) is 0 Å². The van der Waals surface area contributed by atoms with Crippen LogP contribution in [0.4, 0.5) is 0 Å². The minimum atomic E-state index is 0.527. The maximum absolute atomic E-state index is 5.39. The molecule has 2 N–H and O–H groups in total. The van der Waals surface area contributed by atoms with Gasteiger partial charge in [0.15, 0.2) is 0 Å². The molecule has 0 aliphatic rings. The van der Waals surface area contributed by atoms with Crippen LogP contribution in [-0.2, 0) is 6.54 Å². The van der Waals surface area contributed by atoms with E-state index in [1.54, 1.807) is 13.3 Å². The van der Waals surface area contributed by atoms with Gasteiger partial charge < -0.3 is 10.5 Å². The Bertz CT molecular complexity index is 194. The largest absolute Gasteiger partial charge is 0.481 e. The number of aromatic nitrogens is 1. The molecule has 0 saturated carbocycles. The monoisotopic (exact) mass is 168 g/mol. The van der Waals surface area contributed by atoms with E-state index in [1.165, 1.54) is 0 Å². The minimum Gasteiger partial charge on any atom is -0.481 e. The SMILES string of the molecule is CC.COc1cc(CN)ccn1. The third-order valence-electron chi connectivity index (χ3n) is 1.24. The fourth-order valence-corrected chi connectivity index (χ4v) is 0.689. The molecule has 0 bridgehead atoms. The number of methoxy groups -OCH3 is 1. The van der Waals surface area contributed by atoms with E-state index in [4.69, 9.17) is 10.5 Å². The molecule has 1 aromatic heterocycles. The summed E-state index contributed by atoms with van der Waals surface area (Å²) in [4.78, 5) is 3.93. The highest BCUT2D eigenvalue weighted by atomic mass is 16.5. The molecule has 3 nitrogen and oxygen atoms in total. The van der Waals surface area contributed by atoms with Crippen LogP contribution in [0.1, 0.15) is 19.4 Å². The summed E-state index contributed by atoms with van der Waals surface area (Å²) >= 11 is 0. The summed E-state index contributed by atoms with van der Waals surface area (Å²) in [6.45, 7) is 4.53. The summed E-state index contributed by atoms with van der Waals surface area (Å²) in [7, 11) is 1.59. The van der Waals surface area contributed by atoms with Gasteiger partial charge in [0.25, 0.3) is 0 Å². The molecule has 0 aliphatic carbocycles. The quantitative estimate of drug-likeness (QED) is 0.729. The van der Waals surface area contributed by atoms with Crippen LogP contribution in [0.15, 0.2) is 18.3 Å². The summed E-state index contributed by atoms with van der Waals surface area (Å²) in [5.74, 6) is 0.614. The van der Waals surface area contributed by atoms with E-state index >= 15 is 0 Å². The van der Waals surface area contributed by atoms with Crippen molar-refractivity contribution in [2.24, 2.45) is 5.73 Å². The van der Waals surface area contributed by atoms with Gasteiger partial charge in [-0.25, -0.2) is 4.98 Å². The molecule has 68 valence electrons. The molecule has 0 fully saturated rings. The number of pyridine rings is 1. The van der Waals surface area contributed by atoms with Crippen molar-refractivity contribution in [2.75, 3.05) is 7.11 Å². The topological polar surface area (TPSA) is 48.1 Å². The Labute approximate surface area is 73.6 Å². The van der Waals surface area contributed by atoms with Gasteiger partial charge in [-0.2, -0.15) is 0 Å². The highest BCUT2D eigenvalue weighted by molar-refractivity contribution is 5.19. The minimum absolute atomic E-state index is 0.527. The lowest BCUT2D eigenvalue weighted by Gasteiger charge is -1.98. The first kappa shape index (κ1) is 10.9. The number of nitrogens with two attached hydrogens (primary N) is 1. The van der Waals surface area contributed by atoms with Crippen LogP contribution in [0.25, 0.3) is 0 Å². The molecular weight excluding hydrogens is 152 g/mol. The van der Waals surface area contributed by atoms with Crippen LogP contribution in [0.3, 0.4) is 0 Å². The molecular formula is C9H16N2O. The Hall–Kier alpha value is -1.09. The molecule has 0 unspecified atom stereocenters. The Morgan fingerprint density at radius 2 is 2.17 bits per heavy atom. The van der Waals surface area contributed by atoms with Crippen molar-refractivity contribution in [3.8, 4) is 5.88 Å². The second-order valence-corrected chi connectivity index (χ2v) is 1.91. The van der Waals surface area contributed by atoms with Gasteiger partial charge in [0, 0.05) is 18.8 Å². The van der Waals surface area contributed by atoms with E-state index in [0.29, 0.717) is 12.4 Å². The third kappa shape index (κ3) is 3.34. The number of nitrogens with zero attached hydrogens (tertiary/aromatic N) is 1. The molecule has 0 aliphatic heterocycles. The van der Waals surface area contributed by atoms with Crippen molar-refractivity contribution < 1.29 is 4.74 Å². The van der Waals surface area contributed by atoms with Crippen molar-refractivity contribution in [3.63, 3.8) is 0 Å². The van der Waals surface area contributed by atoms with E-state index in [-0.39, 0.29) is 0 Å². The maximum Gasteiger partial charge on any atom is 0.213 e. The fourth-order valence-electron chi connectivity index (χ4n) is 0.689. The van der Waals surface area contributed by atoms with Crippen LogP contribution in [0.2, 0.25) is 0 Å². The molecule has 0 aromatic carbocycles. The Morgan fingerprint density at radius 3 is 2.67 bits per heavy atom. The van der Waals surface area contributed by atoms with Gasteiger partial charge in [-0.3, -0.25) is 0 Å². The zero-order valence-electron chi connectivity index (χ0n) is 7.87. The molecule has 3 heteroatoms. The van der Waals surface area contributed by atoms with E-state index in [9.17, 15) is 0 Å². The summed E-state index contributed by atoms with van der Waals surface area (Å²) in [5, 5.41) is 0. The Kier molecular flexibility index (Phi) is 6.01. The molecule has 0 amide bonds. The number of hydrogen-bond donors (Lipinski definition) is 1. The lowest BCUT2D eigenvalue weighted by molar-refractivity contribution is 0.397. The molecule has 0 radical (unpaired) electrons. The van der Waals surface area contributed by atoms with Crippen molar-refractivity contribution in [1.82, 2.24) is 4.98 Å². The van der Waals surface area contributed by atoms with E-state index < -0.39 is 0 Å². The second-order valence-electron chi connectivity index (χ2n) is 1.91. The van der Waals surface area contributed by atoms with Gasteiger partial charge in [0.2, 0.25) is 5.88 Å². The summed E-state index contributed by atoms with van der Waals surface area (Å²) < 4.78 is 4.89. The van der Waals surface area contributed by atoms with Crippen molar-refractivity contribution in [3.05, 3.63) is 23.9 Å². The van der Waals surface area contributed by atoms with Gasteiger partial charge in [0.05, 0.1) is 7.11 Å². The van der Waals surface area contributed by atoms with Crippen LogP contribution < -0.4 is 10.5 Å². The normalized spacial score (nSPS) is 8.33. The van der Waals surface area contributed by atoms with Crippen molar-refractivity contribution >= 4 is 0 Å². The third-order valence-corrected chi connectivity index (χ3v) is 1.24. The van der Waals surface area contributed by atoms with Gasteiger partial charge in [-0.15, -0.1) is 0 Å². The maximum atomic E-state index is 5.39. The highest BCUT2D eigenvalue weighted by Gasteiger charge is 1.92. The summed E-state index contributed by atoms with van der Waals surface area (Å²) in [5.41, 5.74) is 6.42. The predicted octanol–water partition coefficient (Wildman–Crippen LogP) is 1.58. The average Bonchev–Trinajstić information content (AvgIpc) is 2.21. The predicted molar refractivity (Wildman–Crippen MR) is 50.0 cm³/mol. The van der Waals surface area contributed by atoms with Crippen LogP contribution in [0, 0.1) is 0 Å². The lowest BCUT2D eigenvalue weighted by atomic mass is 10.3. The Balaban J connectivity index is 0.000000561. The molecule has 12 heavy (non-hydrogen) atoms. The lowest BCUT2D eigenvalue weighted by Crippen LogP contribution is -1.97. The summed E-state index contributed by atoms with van der Waals surface area (Å²) in [6, 6.07) is 3.68. The van der Waals surface area contributed by atoms with Crippen molar-refractivity contribution in [1.29, 1.82) is 0 Å². The highest BCUT2D eigenvalue weighted by Crippen LogP contribution is 2.06. The van der Waals surface area contributed by atoms with Gasteiger partial charge in [-0.1, -0.05) is 13.8 Å². The van der Waals surface area contributed by atoms with E-state index in [0.717, 1.165) is 5.56 Å². The van der Waals surface area contributed by atoms with Gasteiger partial charge >= 0.3 is 0 Å². The van der Waals surface area contributed by atoms with E-state index in [2.05, 4.69) is 4.98 Å². The van der Waals surface area contributed by atoms with Crippen LogP contribution in [-0.4, -0.2) is 12.1 Å². The fraction of sp³-hybridized carbons (Fsp3) is 0.444. The smallest absolute Gasteiger partial charge is 0.213 e. The van der Waals surface area contributed by atoms with Gasteiger partial charge in [-0.05, 0) is 11.6 Å². The molecule has 1 heterocycles.